The van der Waals surface area contributed by atoms with E-state index in [1.807, 2.05) is 0 Å². The Balaban J connectivity index is 1.29. The lowest BCUT2D eigenvalue weighted by Crippen LogP contribution is -2.68. The van der Waals surface area contributed by atoms with Crippen molar-refractivity contribution in [1.29, 1.82) is 5.26 Å². The van der Waals surface area contributed by atoms with Crippen molar-refractivity contribution in [2.45, 2.75) is 99.3 Å². The average molecular weight is 480 g/mol. The number of hydrogen-bond acceptors (Lipinski definition) is 9. The molecule has 10 atom stereocenters. The van der Waals surface area contributed by atoms with E-state index in [0.29, 0.717) is 31.2 Å². The van der Waals surface area contributed by atoms with E-state index in [2.05, 4.69) is 11.4 Å². The summed E-state index contributed by atoms with van der Waals surface area (Å²) < 4.78 is 11.7. The number of aliphatic hydroxyl groups excluding tert-OH is 3. The number of carbonyl (C=O) groups excluding carboxylic acids is 1. The van der Waals surface area contributed by atoms with E-state index >= 15 is 0 Å². The molecule has 188 valence electrons. The van der Waals surface area contributed by atoms with Crippen molar-refractivity contribution in [3.63, 3.8) is 0 Å². The molecule has 4 bridgehead atoms. The van der Waals surface area contributed by atoms with Gasteiger partial charge in [0.1, 0.15) is 24.4 Å². The molecule has 0 aromatic carbocycles. The van der Waals surface area contributed by atoms with Crippen molar-refractivity contribution in [2.24, 2.45) is 11.8 Å². The van der Waals surface area contributed by atoms with Crippen molar-refractivity contribution in [2.75, 3.05) is 13.1 Å². The van der Waals surface area contributed by atoms with Crippen LogP contribution in [0.15, 0.2) is 0 Å². The molecule has 0 aromatic heterocycles. The normalized spacial score (nSPS) is 47.5. The third-order valence-electron chi connectivity index (χ3n) is 8.52. The van der Waals surface area contributed by atoms with Crippen LogP contribution in [0.25, 0.3) is 0 Å². The van der Waals surface area contributed by atoms with Gasteiger partial charge in [-0.25, -0.2) is 4.79 Å². The Morgan fingerprint density at radius 3 is 2.47 bits per heavy atom. The molecule has 2 saturated heterocycles. The molecule has 2 unspecified atom stereocenters. The van der Waals surface area contributed by atoms with Gasteiger partial charge in [-0.1, -0.05) is 0 Å². The van der Waals surface area contributed by atoms with Gasteiger partial charge >= 0.3 is 5.97 Å². The smallest absolute Gasteiger partial charge is 0.335 e. The molecule has 4 saturated carbocycles. The number of aliphatic carboxylic acids is 1. The SMILES string of the molecule is N#C[C@@H]1CCCN1C(=O)CNC12C[C@H]3C[C@@H](C1)CC(O[C@@H]1O[C@H](C(=O)O)[C@@H](O)[C@H](O)[C@H]1O)(C3)C2. The summed E-state index contributed by atoms with van der Waals surface area (Å²) in [6, 6.07) is 1.84. The number of nitrogens with one attached hydrogen (secondary N) is 1. The third-order valence-corrected chi connectivity index (χ3v) is 8.52. The number of aliphatic hydroxyl groups is 3. The average Bonchev–Trinajstić information content (AvgIpc) is 3.26. The number of ether oxygens (including phenoxy) is 2. The maximum Gasteiger partial charge on any atom is 0.335 e. The lowest BCUT2D eigenvalue weighted by Gasteiger charge is -2.62. The van der Waals surface area contributed by atoms with Crippen molar-refractivity contribution in [1.82, 2.24) is 10.2 Å². The number of nitrogens with zero attached hydrogens (tertiary/aromatic N) is 2. The van der Waals surface area contributed by atoms with E-state index in [9.17, 15) is 35.3 Å². The largest absolute Gasteiger partial charge is 0.479 e. The van der Waals surface area contributed by atoms with Crippen molar-refractivity contribution >= 4 is 11.9 Å². The summed E-state index contributed by atoms with van der Waals surface area (Å²) in [4.78, 5) is 26.0. The first-order valence-corrected chi connectivity index (χ1v) is 12.2. The summed E-state index contributed by atoms with van der Waals surface area (Å²) in [6.07, 6.45) is -1.70. The van der Waals surface area contributed by atoms with Gasteiger partial charge in [0.05, 0.1) is 18.2 Å². The van der Waals surface area contributed by atoms with Gasteiger partial charge in [0.25, 0.3) is 0 Å². The first-order valence-electron chi connectivity index (χ1n) is 12.2. The van der Waals surface area contributed by atoms with Crippen LogP contribution >= 0.6 is 0 Å². The van der Waals surface area contributed by atoms with Crippen LogP contribution in [0.3, 0.4) is 0 Å². The number of likely N-dealkylation sites (tertiary alicyclic amines) is 1. The van der Waals surface area contributed by atoms with Crippen LogP contribution in [0, 0.1) is 23.2 Å². The zero-order valence-corrected chi connectivity index (χ0v) is 19.0. The molecule has 0 aromatic rings. The van der Waals surface area contributed by atoms with Gasteiger partial charge in [-0.15, -0.1) is 0 Å². The summed E-state index contributed by atoms with van der Waals surface area (Å²) in [5, 5.41) is 52.8. The molecule has 1 amide bonds. The molecule has 0 spiro atoms. The fourth-order valence-corrected chi connectivity index (χ4v) is 7.48. The second-order valence-corrected chi connectivity index (χ2v) is 11.0. The van der Waals surface area contributed by atoms with Crippen LogP contribution in [0.1, 0.15) is 51.4 Å². The molecular formula is C23H33N3O8. The van der Waals surface area contributed by atoms with Crippen LogP contribution in [-0.2, 0) is 19.1 Å². The Morgan fingerprint density at radius 1 is 1.12 bits per heavy atom. The maximum absolute atomic E-state index is 12.8. The number of nitriles is 1. The van der Waals surface area contributed by atoms with Crippen LogP contribution in [0.5, 0.6) is 0 Å². The van der Waals surface area contributed by atoms with Gasteiger partial charge in [0.15, 0.2) is 12.4 Å². The maximum atomic E-state index is 12.8. The number of carboxylic acid groups (broad SMARTS) is 1. The van der Waals surface area contributed by atoms with Crippen LogP contribution in [-0.4, -0.2) is 98.2 Å². The summed E-state index contributed by atoms with van der Waals surface area (Å²) >= 11 is 0. The molecule has 5 N–H and O–H groups in total. The quantitative estimate of drug-likeness (QED) is 0.321. The fourth-order valence-electron chi connectivity index (χ4n) is 7.48. The molecule has 2 heterocycles. The van der Waals surface area contributed by atoms with Gasteiger partial charge in [0, 0.05) is 12.1 Å². The van der Waals surface area contributed by atoms with E-state index in [0.717, 1.165) is 38.5 Å². The van der Waals surface area contributed by atoms with E-state index in [1.54, 1.807) is 4.90 Å². The summed E-state index contributed by atoms with van der Waals surface area (Å²) in [5.74, 6) is -0.808. The first kappa shape index (κ1) is 23.9. The zero-order valence-electron chi connectivity index (χ0n) is 19.0. The highest BCUT2D eigenvalue weighted by molar-refractivity contribution is 5.79. The standard InChI is InChI=1S/C23H33N3O8/c24-9-14-2-1-3-26(14)15(27)10-25-22-5-12-4-13(6-22)8-23(7-12,11-22)34-21-18(30)16(28)17(29)19(33-21)20(31)32/h12-14,16-19,21,25,28-30H,1-8,10-11H2,(H,31,32)/t12-,13+,14-,16-,17-,18+,19-,21-,22?,23?/m0/s1. The molecule has 6 fully saturated rings. The molecule has 2 aliphatic heterocycles. The Bertz CT molecular complexity index is 863. The van der Waals surface area contributed by atoms with Gasteiger partial charge in [-0.2, -0.15) is 5.26 Å². The molecule has 4 aliphatic carbocycles. The predicted molar refractivity (Wildman–Crippen MR) is 114 cm³/mol. The highest BCUT2D eigenvalue weighted by Crippen LogP contribution is 2.59. The van der Waals surface area contributed by atoms with E-state index in [-0.39, 0.29) is 24.0 Å². The second-order valence-electron chi connectivity index (χ2n) is 11.0. The minimum absolute atomic E-state index is 0.0813. The van der Waals surface area contributed by atoms with Crippen molar-refractivity contribution in [3.05, 3.63) is 0 Å². The number of carboxylic acids is 1. The summed E-state index contributed by atoms with van der Waals surface area (Å²) in [6.45, 7) is 0.738. The van der Waals surface area contributed by atoms with Crippen LogP contribution < -0.4 is 5.32 Å². The topological polar surface area (TPSA) is 173 Å². The van der Waals surface area contributed by atoms with Gasteiger partial charge in [-0.05, 0) is 63.2 Å². The van der Waals surface area contributed by atoms with Crippen molar-refractivity contribution in [3.8, 4) is 6.07 Å². The Morgan fingerprint density at radius 2 is 1.82 bits per heavy atom. The number of amides is 1. The highest BCUT2D eigenvalue weighted by atomic mass is 16.7. The minimum atomic E-state index is -1.76. The monoisotopic (exact) mass is 479 g/mol. The Kier molecular flexibility index (Phi) is 6.11. The molecule has 11 nitrogen and oxygen atoms in total. The fraction of sp³-hybridized carbons (Fsp3) is 0.870. The highest BCUT2D eigenvalue weighted by Gasteiger charge is 2.60. The lowest BCUT2D eigenvalue weighted by molar-refractivity contribution is -0.337. The predicted octanol–water partition coefficient (Wildman–Crippen LogP) is -0.909. The second kappa shape index (κ2) is 8.69. The molecule has 6 aliphatic rings. The van der Waals surface area contributed by atoms with Gasteiger partial charge < -0.3 is 40.1 Å². The number of carbonyl (C=O) groups is 2. The van der Waals surface area contributed by atoms with E-state index in [4.69, 9.17) is 9.47 Å². The van der Waals surface area contributed by atoms with Crippen LogP contribution in [0.2, 0.25) is 0 Å². The number of rotatable bonds is 6. The van der Waals surface area contributed by atoms with Crippen LogP contribution in [0.4, 0.5) is 0 Å². The lowest BCUT2D eigenvalue weighted by atomic mass is 9.51. The molecular weight excluding hydrogens is 446 g/mol. The van der Waals surface area contributed by atoms with E-state index in [1.165, 1.54) is 0 Å². The molecule has 11 heteroatoms. The molecule has 0 radical (unpaired) electrons. The van der Waals surface area contributed by atoms with E-state index < -0.39 is 42.3 Å². The first-order chi connectivity index (χ1) is 16.1. The molecule has 6 rings (SSSR count). The molecule has 34 heavy (non-hydrogen) atoms. The Hall–Kier alpha value is -1.81. The third kappa shape index (κ3) is 4.10. The summed E-state index contributed by atoms with van der Waals surface area (Å²) in [7, 11) is 0. The number of hydrogen-bond donors (Lipinski definition) is 5. The van der Waals surface area contributed by atoms with Gasteiger partial charge in [-0.3, -0.25) is 4.79 Å². The Labute approximate surface area is 197 Å². The summed E-state index contributed by atoms with van der Waals surface area (Å²) in [5.41, 5.74) is -1.01. The van der Waals surface area contributed by atoms with Crippen molar-refractivity contribution < 1.29 is 39.5 Å². The van der Waals surface area contributed by atoms with Gasteiger partial charge in [0.2, 0.25) is 5.91 Å². The minimum Gasteiger partial charge on any atom is -0.479 e. The zero-order chi connectivity index (χ0) is 24.3.